The van der Waals surface area contributed by atoms with Crippen LogP contribution in [0.15, 0.2) is 0 Å². The van der Waals surface area contributed by atoms with Crippen LogP contribution >= 0.6 is 0 Å². The summed E-state index contributed by atoms with van der Waals surface area (Å²) in [5.41, 5.74) is 0. The van der Waals surface area contributed by atoms with Crippen molar-refractivity contribution in [2.75, 3.05) is 32.8 Å². The number of amides is 2. The van der Waals surface area contributed by atoms with E-state index in [1.165, 1.54) is 6.42 Å². The molecular formula is C11H20N2O2. The minimum Gasteiger partial charge on any atom is -0.396 e. The van der Waals surface area contributed by atoms with Gasteiger partial charge in [0.1, 0.15) is 0 Å². The molecule has 2 fully saturated rings. The van der Waals surface area contributed by atoms with E-state index in [-0.39, 0.29) is 12.6 Å². The molecule has 0 saturated carbocycles. The zero-order valence-corrected chi connectivity index (χ0v) is 9.19. The van der Waals surface area contributed by atoms with Gasteiger partial charge in [0.15, 0.2) is 0 Å². The number of aliphatic hydroxyl groups excluding tert-OH is 1. The van der Waals surface area contributed by atoms with Crippen molar-refractivity contribution in [3.05, 3.63) is 0 Å². The van der Waals surface area contributed by atoms with Gasteiger partial charge in [0, 0.05) is 38.7 Å². The van der Waals surface area contributed by atoms with Crippen LogP contribution in [0.5, 0.6) is 0 Å². The number of carbonyl (C=O) groups excluding carboxylic acids is 1. The van der Waals surface area contributed by atoms with Crippen LogP contribution < -0.4 is 0 Å². The number of hydrogen-bond acceptors (Lipinski definition) is 2. The molecule has 2 aliphatic rings. The molecule has 0 aromatic carbocycles. The van der Waals surface area contributed by atoms with Gasteiger partial charge in [-0.2, -0.15) is 0 Å². The molecule has 1 N–H and O–H groups in total. The standard InChI is InChI=1S/C11H20N2O2/c14-9-10-4-7-13(8-10)11(15)12-5-2-1-3-6-12/h10,14H,1-9H2. The fourth-order valence-electron chi connectivity index (χ4n) is 2.44. The van der Waals surface area contributed by atoms with Crippen molar-refractivity contribution in [3.8, 4) is 0 Å². The fourth-order valence-corrected chi connectivity index (χ4v) is 2.44. The highest BCUT2D eigenvalue weighted by Crippen LogP contribution is 2.19. The first kappa shape index (κ1) is 10.7. The Morgan fingerprint density at radius 3 is 2.47 bits per heavy atom. The second-order valence-corrected chi connectivity index (χ2v) is 4.61. The molecule has 4 nitrogen and oxygen atoms in total. The molecular weight excluding hydrogens is 192 g/mol. The number of piperidine rings is 1. The Balaban J connectivity index is 1.85. The molecule has 0 aliphatic carbocycles. The van der Waals surface area contributed by atoms with E-state index in [2.05, 4.69) is 0 Å². The third-order valence-electron chi connectivity index (χ3n) is 3.44. The maximum absolute atomic E-state index is 12.0. The van der Waals surface area contributed by atoms with Gasteiger partial charge in [-0.25, -0.2) is 4.79 Å². The van der Waals surface area contributed by atoms with E-state index in [0.717, 1.165) is 45.4 Å². The van der Waals surface area contributed by atoms with Crippen molar-refractivity contribution in [3.63, 3.8) is 0 Å². The lowest BCUT2D eigenvalue weighted by Gasteiger charge is -2.31. The molecule has 2 amide bonds. The molecule has 1 unspecified atom stereocenters. The molecule has 0 radical (unpaired) electrons. The number of aliphatic hydroxyl groups is 1. The molecule has 1 atom stereocenters. The minimum atomic E-state index is 0.186. The Bertz CT molecular complexity index is 227. The van der Waals surface area contributed by atoms with Gasteiger partial charge in [0.25, 0.3) is 0 Å². The first-order chi connectivity index (χ1) is 7.31. The van der Waals surface area contributed by atoms with Gasteiger partial charge in [-0.15, -0.1) is 0 Å². The number of urea groups is 1. The molecule has 0 bridgehead atoms. The van der Waals surface area contributed by atoms with Crippen molar-refractivity contribution < 1.29 is 9.90 Å². The SMILES string of the molecule is O=C(N1CCCCC1)N1CCC(CO)C1. The van der Waals surface area contributed by atoms with Crippen LogP contribution in [0.25, 0.3) is 0 Å². The second kappa shape index (κ2) is 4.84. The highest BCUT2D eigenvalue weighted by atomic mass is 16.3. The van der Waals surface area contributed by atoms with Crippen LogP contribution in [0.1, 0.15) is 25.7 Å². The fraction of sp³-hybridized carbons (Fsp3) is 0.909. The maximum atomic E-state index is 12.0. The summed E-state index contributed by atoms with van der Waals surface area (Å²) in [6.45, 7) is 3.61. The summed E-state index contributed by atoms with van der Waals surface area (Å²) in [6.07, 6.45) is 4.49. The topological polar surface area (TPSA) is 43.8 Å². The number of likely N-dealkylation sites (tertiary alicyclic amines) is 2. The summed E-state index contributed by atoms with van der Waals surface area (Å²) in [5.74, 6) is 0.304. The summed E-state index contributed by atoms with van der Waals surface area (Å²) in [4.78, 5) is 15.9. The molecule has 2 aliphatic heterocycles. The van der Waals surface area contributed by atoms with Gasteiger partial charge in [0.2, 0.25) is 0 Å². The predicted molar refractivity (Wildman–Crippen MR) is 57.6 cm³/mol. The van der Waals surface area contributed by atoms with Crippen LogP contribution in [0.2, 0.25) is 0 Å². The first-order valence-electron chi connectivity index (χ1n) is 5.96. The van der Waals surface area contributed by atoms with Gasteiger partial charge in [-0.05, 0) is 25.7 Å². The van der Waals surface area contributed by atoms with Crippen molar-refractivity contribution >= 4 is 6.03 Å². The molecule has 0 aromatic heterocycles. The first-order valence-corrected chi connectivity index (χ1v) is 5.96. The van der Waals surface area contributed by atoms with E-state index in [1.54, 1.807) is 0 Å². The Labute approximate surface area is 90.9 Å². The molecule has 4 heteroatoms. The summed E-state index contributed by atoms with van der Waals surface area (Å²) in [5, 5.41) is 9.02. The molecule has 0 aromatic rings. The number of rotatable bonds is 1. The van der Waals surface area contributed by atoms with Crippen molar-refractivity contribution in [2.45, 2.75) is 25.7 Å². The quantitative estimate of drug-likeness (QED) is 0.702. The van der Waals surface area contributed by atoms with Crippen LogP contribution in [0.3, 0.4) is 0 Å². The smallest absolute Gasteiger partial charge is 0.320 e. The van der Waals surface area contributed by atoms with E-state index in [9.17, 15) is 4.79 Å². The third kappa shape index (κ3) is 2.43. The molecule has 2 heterocycles. The largest absolute Gasteiger partial charge is 0.396 e. The summed E-state index contributed by atoms with van der Waals surface area (Å²) >= 11 is 0. The zero-order chi connectivity index (χ0) is 10.7. The predicted octanol–water partition coefficient (Wildman–Crippen LogP) is 0.907. The molecule has 15 heavy (non-hydrogen) atoms. The zero-order valence-electron chi connectivity index (χ0n) is 9.19. The Morgan fingerprint density at radius 1 is 1.13 bits per heavy atom. The molecule has 2 rings (SSSR count). The summed E-state index contributed by atoms with van der Waals surface area (Å²) < 4.78 is 0. The van der Waals surface area contributed by atoms with Crippen molar-refractivity contribution in [2.24, 2.45) is 5.92 Å². The lowest BCUT2D eigenvalue weighted by atomic mass is 10.1. The van der Waals surface area contributed by atoms with E-state index >= 15 is 0 Å². The number of nitrogens with zero attached hydrogens (tertiary/aromatic N) is 2. The van der Waals surface area contributed by atoms with Gasteiger partial charge in [0.05, 0.1) is 0 Å². The summed E-state index contributed by atoms with van der Waals surface area (Å²) in [7, 11) is 0. The van der Waals surface area contributed by atoms with E-state index in [4.69, 9.17) is 5.11 Å². The monoisotopic (exact) mass is 212 g/mol. The van der Waals surface area contributed by atoms with Gasteiger partial charge in [-0.1, -0.05) is 0 Å². The maximum Gasteiger partial charge on any atom is 0.320 e. The van der Waals surface area contributed by atoms with Crippen molar-refractivity contribution in [1.29, 1.82) is 0 Å². The third-order valence-corrected chi connectivity index (χ3v) is 3.44. The van der Waals surface area contributed by atoms with E-state index < -0.39 is 0 Å². The molecule has 86 valence electrons. The average molecular weight is 212 g/mol. The Morgan fingerprint density at radius 2 is 1.87 bits per heavy atom. The van der Waals surface area contributed by atoms with Crippen molar-refractivity contribution in [1.82, 2.24) is 9.80 Å². The van der Waals surface area contributed by atoms with Crippen LogP contribution in [-0.4, -0.2) is 53.7 Å². The number of hydrogen-bond donors (Lipinski definition) is 1. The Hall–Kier alpha value is -0.770. The number of carbonyl (C=O) groups is 1. The highest BCUT2D eigenvalue weighted by Gasteiger charge is 2.29. The lowest BCUT2D eigenvalue weighted by Crippen LogP contribution is -2.44. The highest BCUT2D eigenvalue weighted by molar-refractivity contribution is 5.74. The second-order valence-electron chi connectivity index (χ2n) is 4.61. The van der Waals surface area contributed by atoms with E-state index in [1.807, 2.05) is 9.80 Å². The van der Waals surface area contributed by atoms with Crippen LogP contribution in [-0.2, 0) is 0 Å². The average Bonchev–Trinajstić information content (AvgIpc) is 2.78. The van der Waals surface area contributed by atoms with E-state index in [0.29, 0.717) is 5.92 Å². The molecule has 0 spiro atoms. The van der Waals surface area contributed by atoms with Gasteiger partial charge >= 0.3 is 6.03 Å². The Kier molecular flexibility index (Phi) is 3.46. The van der Waals surface area contributed by atoms with Gasteiger partial charge in [-0.3, -0.25) is 0 Å². The van der Waals surface area contributed by atoms with Crippen LogP contribution in [0, 0.1) is 5.92 Å². The van der Waals surface area contributed by atoms with Gasteiger partial charge < -0.3 is 14.9 Å². The minimum absolute atomic E-state index is 0.186. The van der Waals surface area contributed by atoms with Crippen LogP contribution in [0.4, 0.5) is 4.79 Å². The normalized spacial score (nSPS) is 27.1. The summed E-state index contributed by atoms with van der Waals surface area (Å²) in [6, 6.07) is 0.186. The lowest BCUT2D eigenvalue weighted by molar-refractivity contribution is 0.148. The molecule has 2 saturated heterocycles.